The number of hydrogen-bond donors (Lipinski definition) is 0. The zero-order chi connectivity index (χ0) is 12.3. The molecule has 0 aromatic carbocycles. The third-order valence-electron chi connectivity index (χ3n) is 2.28. The fourth-order valence-corrected chi connectivity index (χ4v) is 2.16. The van der Waals surface area contributed by atoms with Crippen LogP contribution in [-0.4, -0.2) is 23.0 Å². The maximum absolute atomic E-state index is 11.1. The topological polar surface area (TPSA) is 52.1 Å². The molecule has 0 amide bonds. The number of thiazole rings is 1. The lowest BCUT2D eigenvalue weighted by molar-refractivity contribution is -0.139. The number of nitrogens with zero attached hydrogens (tertiary/aromatic N) is 2. The second-order valence-electron chi connectivity index (χ2n) is 3.53. The molecule has 0 saturated heterocycles. The number of aromatic nitrogens is 2. The molecule has 0 saturated carbocycles. The van der Waals surface area contributed by atoms with Gasteiger partial charge in [-0.15, -0.1) is 11.3 Å². The minimum Gasteiger partial charge on any atom is -0.469 e. The number of aryl methyl sites for hydroxylation is 1. The van der Waals surface area contributed by atoms with E-state index in [2.05, 4.69) is 14.7 Å². The first-order valence-electron chi connectivity index (χ1n) is 5.13. The fourth-order valence-electron chi connectivity index (χ4n) is 1.39. The van der Waals surface area contributed by atoms with E-state index in [1.807, 2.05) is 25.3 Å². The van der Waals surface area contributed by atoms with Crippen LogP contribution in [-0.2, 0) is 16.0 Å². The second-order valence-corrected chi connectivity index (χ2v) is 4.77. The SMILES string of the molecule is COC(=O)Cc1ccc(-c2cnc(C)s2)cn1. The molecule has 2 heterocycles. The molecule has 2 rings (SSSR count). The molecule has 2 aromatic rings. The standard InChI is InChI=1S/C12H12N2O2S/c1-8-13-7-11(17-8)9-3-4-10(14-6-9)5-12(15)16-2/h3-4,6-7H,5H2,1-2H3. The van der Waals surface area contributed by atoms with Crippen LogP contribution in [0.25, 0.3) is 10.4 Å². The quantitative estimate of drug-likeness (QED) is 0.782. The number of ether oxygens (including phenoxy) is 1. The number of methoxy groups -OCH3 is 1. The molecule has 88 valence electrons. The highest BCUT2D eigenvalue weighted by atomic mass is 32.1. The van der Waals surface area contributed by atoms with Crippen molar-refractivity contribution in [1.82, 2.24) is 9.97 Å². The van der Waals surface area contributed by atoms with Crippen LogP contribution in [0.5, 0.6) is 0 Å². The maximum atomic E-state index is 11.1. The molecule has 17 heavy (non-hydrogen) atoms. The number of esters is 1. The summed E-state index contributed by atoms with van der Waals surface area (Å²) in [5.74, 6) is -0.279. The van der Waals surface area contributed by atoms with Gasteiger partial charge >= 0.3 is 5.97 Å². The molecule has 2 aromatic heterocycles. The first-order valence-corrected chi connectivity index (χ1v) is 5.95. The van der Waals surface area contributed by atoms with Crippen molar-refractivity contribution in [3.05, 3.63) is 35.2 Å². The van der Waals surface area contributed by atoms with Gasteiger partial charge in [0.25, 0.3) is 0 Å². The molecule has 0 aliphatic heterocycles. The van der Waals surface area contributed by atoms with Gasteiger partial charge in [-0.2, -0.15) is 0 Å². The van der Waals surface area contributed by atoms with E-state index in [4.69, 9.17) is 0 Å². The van der Waals surface area contributed by atoms with Gasteiger partial charge in [0.05, 0.1) is 29.1 Å². The van der Waals surface area contributed by atoms with E-state index in [-0.39, 0.29) is 12.4 Å². The number of carbonyl (C=O) groups is 1. The van der Waals surface area contributed by atoms with Crippen LogP contribution in [0.3, 0.4) is 0 Å². The Kier molecular flexibility index (Phi) is 3.49. The highest BCUT2D eigenvalue weighted by molar-refractivity contribution is 7.15. The van der Waals surface area contributed by atoms with Gasteiger partial charge < -0.3 is 4.74 Å². The first kappa shape index (κ1) is 11.7. The van der Waals surface area contributed by atoms with Gasteiger partial charge in [0.15, 0.2) is 0 Å². The Morgan fingerprint density at radius 2 is 2.18 bits per heavy atom. The number of hydrogen-bond acceptors (Lipinski definition) is 5. The zero-order valence-electron chi connectivity index (χ0n) is 9.64. The molecule has 4 nitrogen and oxygen atoms in total. The zero-order valence-corrected chi connectivity index (χ0v) is 10.5. The van der Waals surface area contributed by atoms with Crippen LogP contribution < -0.4 is 0 Å². The smallest absolute Gasteiger partial charge is 0.311 e. The van der Waals surface area contributed by atoms with Crippen LogP contribution in [0.2, 0.25) is 0 Å². The van der Waals surface area contributed by atoms with Gasteiger partial charge in [0.1, 0.15) is 0 Å². The summed E-state index contributed by atoms with van der Waals surface area (Å²) in [5.41, 5.74) is 1.73. The van der Waals surface area contributed by atoms with E-state index in [9.17, 15) is 4.79 Å². The summed E-state index contributed by atoms with van der Waals surface area (Å²) in [6.45, 7) is 1.97. The van der Waals surface area contributed by atoms with E-state index in [1.54, 1.807) is 17.5 Å². The van der Waals surface area contributed by atoms with Crippen LogP contribution >= 0.6 is 11.3 Å². The predicted octanol–water partition coefficient (Wildman–Crippen LogP) is 2.23. The summed E-state index contributed by atoms with van der Waals surface area (Å²) >= 11 is 1.62. The summed E-state index contributed by atoms with van der Waals surface area (Å²) in [4.78, 5) is 20.6. The van der Waals surface area contributed by atoms with E-state index >= 15 is 0 Å². The second kappa shape index (κ2) is 5.05. The van der Waals surface area contributed by atoms with Crippen molar-refractivity contribution in [2.45, 2.75) is 13.3 Å². The average Bonchev–Trinajstić information content (AvgIpc) is 2.77. The Hall–Kier alpha value is -1.75. The van der Waals surface area contributed by atoms with Gasteiger partial charge in [0.2, 0.25) is 0 Å². The first-order chi connectivity index (χ1) is 8.19. The van der Waals surface area contributed by atoms with Crippen LogP contribution in [0.4, 0.5) is 0 Å². The van der Waals surface area contributed by atoms with Crippen molar-refractivity contribution >= 4 is 17.3 Å². The predicted molar refractivity (Wildman–Crippen MR) is 65.8 cm³/mol. The Bertz CT molecular complexity index is 520. The molecular weight excluding hydrogens is 236 g/mol. The van der Waals surface area contributed by atoms with Gasteiger partial charge in [-0.05, 0) is 13.0 Å². The monoisotopic (exact) mass is 248 g/mol. The molecule has 0 radical (unpaired) electrons. The minimum atomic E-state index is -0.279. The highest BCUT2D eigenvalue weighted by Gasteiger charge is 2.06. The summed E-state index contributed by atoms with van der Waals surface area (Å²) in [7, 11) is 1.37. The number of rotatable bonds is 3. The number of carbonyl (C=O) groups excluding carboxylic acids is 1. The molecule has 0 unspecified atom stereocenters. The highest BCUT2D eigenvalue weighted by Crippen LogP contribution is 2.24. The molecule has 0 bridgehead atoms. The lowest BCUT2D eigenvalue weighted by atomic mass is 10.2. The normalized spacial score (nSPS) is 10.2. The Morgan fingerprint density at radius 3 is 2.71 bits per heavy atom. The molecule has 0 spiro atoms. The minimum absolute atomic E-state index is 0.207. The largest absolute Gasteiger partial charge is 0.469 e. The van der Waals surface area contributed by atoms with Crippen LogP contribution in [0, 0.1) is 6.92 Å². The van der Waals surface area contributed by atoms with Crippen molar-refractivity contribution in [3.63, 3.8) is 0 Å². The van der Waals surface area contributed by atoms with Crippen LogP contribution in [0.1, 0.15) is 10.7 Å². The van der Waals surface area contributed by atoms with Gasteiger partial charge in [0, 0.05) is 18.0 Å². The summed E-state index contributed by atoms with van der Waals surface area (Å²) in [6, 6.07) is 3.78. The van der Waals surface area contributed by atoms with Crippen molar-refractivity contribution in [2.75, 3.05) is 7.11 Å². The third-order valence-corrected chi connectivity index (χ3v) is 3.25. The average molecular weight is 248 g/mol. The molecule has 0 aliphatic rings. The lowest BCUT2D eigenvalue weighted by Gasteiger charge is -2.00. The van der Waals surface area contributed by atoms with E-state index in [0.29, 0.717) is 5.69 Å². The van der Waals surface area contributed by atoms with Crippen molar-refractivity contribution in [2.24, 2.45) is 0 Å². The third kappa shape index (κ3) is 2.88. The van der Waals surface area contributed by atoms with E-state index < -0.39 is 0 Å². The summed E-state index contributed by atoms with van der Waals surface area (Å²) < 4.78 is 4.59. The van der Waals surface area contributed by atoms with E-state index in [1.165, 1.54) is 7.11 Å². The Morgan fingerprint density at radius 1 is 1.35 bits per heavy atom. The van der Waals surface area contributed by atoms with Crippen LogP contribution in [0.15, 0.2) is 24.5 Å². The van der Waals surface area contributed by atoms with Gasteiger partial charge in [-0.3, -0.25) is 9.78 Å². The molecule has 0 N–H and O–H groups in total. The number of pyridine rings is 1. The molecule has 0 fully saturated rings. The summed E-state index contributed by atoms with van der Waals surface area (Å²) in [5, 5.41) is 1.03. The lowest BCUT2D eigenvalue weighted by Crippen LogP contribution is -2.05. The molecule has 5 heteroatoms. The van der Waals surface area contributed by atoms with Crippen molar-refractivity contribution < 1.29 is 9.53 Å². The molecule has 0 aliphatic carbocycles. The van der Waals surface area contributed by atoms with Gasteiger partial charge in [-0.1, -0.05) is 6.07 Å². The Balaban J connectivity index is 2.15. The fraction of sp³-hybridized carbons (Fsp3) is 0.250. The van der Waals surface area contributed by atoms with Crippen molar-refractivity contribution in [3.8, 4) is 10.4 Å². The van der Waals surface area contributed by atoms with Gasteiger partial charge in [-0.25, -0.2) is 4.98 Å². The molecule has 0 atom stereocenters. The summed E-state index contributed by atoms with van der Waals surface area (Å²) in [6.07, 6.45) is 3.79. The molecular formula is C12H12N2O2S. The maximum Gasteiger partial charge on any atom is 0.311 e. The van der Waals surface area contributed by atoms with Crippen molar-refractivity contribution in [1.29, 1.82) is 0 Å². The Labute approximate surface area is 103 Å². The van der Waals surface area contributed by atoms with E-state index in [0.717, 1.165) is 15.4 Å².